The lowest BCUT2D eigenvalue weighted by molar-refractivity contribution is 0.120. The Hall–Kier alpha value is -0.990. The SMILES string of the molecule is C=C(C)OC(=O)N1CCCCC1. The van der Waals surface area contributed by atoms with Gasteiger partial charge in [0.25, 0.3) is 0 Å². The van der Waals surface area contributed by atoms with Crippen LogP contribution in [-0.2, 0) is 4.74 Å². The first-order valence-corrected chi connectivity index (χ1v) is 4.32. The van der Waals surface area contributed by atoms with Gasteiger partial charge in [-0.15, -0.1) is 0 Å². The standard InChI is InChI=1S/C9H15NO2/c1-8(2)12-9(11)10-6-4-3-5-7-10/h1,3-7H2,2H3. The van der Waals surface area contributed by atoms with Crippen LogP contribution in [0.15, 0.2) is 12.3 Å². The molecule has 0 aromatic heterocycles. The van der Waals surface area contributed by atoms with Crippen molar-refractivity contribution in [1.29, 1.82) is 0 Å². The molecule has 0 N–H and O–H groups in total. The predicted octanol–water partition coefficient (Wildman–Crippen LogP) is 2.14. The van der Waals surface area contributed by atoms with E-state index in [4.69, 9.17) is 4.74 Å². The summed E-state index contributed by atoms with van der Waals surface area (Å²) in [6.07, 6.45) is 3.15. The van der Waals surface area contributed by atoms with Gasteiger partial charge in [0.2, 0.25) is 0 Å². The van der Waals surface area contributed by atoms with Gasteiger partial charge in [-0.1, -0.05) is 6.58 Å². The summed E-state index contributed by atoms with van der Waals surface area (Å²) in [7, 11) is 0. The third-order valence-electron chi connectivity index (χ3n) is 1.88. The van der Waals surface area contributed by atoms with E-state index in [9.17, 15) is 4.79 Å². The molecule has 0 radical (unpaired) electrons. The van der Waals surface area contributed by atoms with E-state index in [1.54, 1.807) is 11.8 Å². The van der Waals surface area contributed by atoms with Gasteiger partial charge in [0.05, 0.1) is 5.76 Å². The van der Waals surface area contributed by atoms with Crippen LogP contribution in [0.25, 0.3) is 0 Å². The number of amides is 1. The van der Waals surface area contributed by atoms with E-state index in [-0.39, 0.29) is 6.09 Å². The van der Waals surface area contributed by atoms with Gasteiger partial charge >= 0.3 is 6.09 Å². The number of ether oxygens (including phenoxy) is 1. The van der Waals surface area contributed by atoms with Crippen molar-refractivity contribution in [2.75, 3.05) is 13.1 Å². The minimum Gasteiger partial charge on any atom is -0.416 e. The Balaban J connectivity index is 2.34. The predicted molar refractivity (Wildman–Crippen MR) is 46.7 cm³/mol. The van der Waals surface area contributed by atoms with Crippen LogP contribution < -0.4 is 0 Å². The number of nitrogens with zero attached hydrogens (tertiary/aromatic N) is 1. The van der Waals surface area contributed by atoms with Crippen LogP contribution in [0.1, 0.15) is 26.2 Å². The minimum atomic E-state index is -0.248. The van der Waals surface area contributed by atoms with Crippen LogP contribution in [-0.4, -0.2) is 24.1 Å². The van der Waals surface area contributed by atoms with Crippen molar-refractivity contribution < 1.29 is 9.53 Å². The normalized spacial score (nSPS) is 17.2. The molecule has 3 heteroatoms. The molecule has 1 amide bonds. The van der Waals surface area contributed by atoms with Crippen molar-refractivity contribution in [3.05, 3.63) is 12.3 Å². The molecule has 1 aliphatic rings. The van der Waals surface area contributed by atoms with E-state index in [0.29, 0.717) is 5.76 Å². The number of likely N-dealkylation sites (tertiary alicyclic amines) is 1. The second-order valence-electron chi connectivity index (χ2n) is 3.12. The van der Waals surface area contributed by atoms with Crippen molar-refractivity contribution in [3.63, 3.8) is 0 Å². The van der Waals surface area contributed by atoms with Gasteiger partial charge in [-0.3, -0.25) is 0 Å². The molecule has 0 aliphatic carbocycles. The van der Waals surface area contributed by atoms with Gasteiger partial charge in [-0.25, -0.2) is 4.79 Å². The highest BCUT2D eigenvalue weighted by Gasteiger charge is 2.17. The van der Waals surface area contributed by atoms with Gasteiger partial charge in [0, 0.05) is 13.1 Å². The van der Waals surface area contributed by atoms with Crippen LogP contribution in [0.3, 0.4) is 0 Å². The molecule has 0 spiro atoms. The van der Waals surface area contributed by atoms with E-state index in [1.807, 2.05) is 0 Å². The Morgan fingerprint density at radius 3 is 2.42 bits per heavy atom. The molecule has 3 nitrogen and oxygen atoms in total. The summed E-state index contributed by atoms with van der Waals surface area (Å²) in [6.45, 7) is 6.85. The smallest absolute Gasteiger partial charge is 0.414 e. The lowest BCUT2D eigenvalue weighted by Gasteiger charge is -2.25. The molecule has 0 atom stereocenters. The van der Waals surface area contributed by atoms with Crippen molar-refractivity contribution in [2.24, 2.45) is 0 Å². The number of hydrogen-bond acceptors (Lipinski definition) is 2. The van der Waals surface area contributed by atoms with E-state index in [1.165, 1.54) is 6.42 Å². The Bertz CT molecular complexity index is 183. The average Bonchev–Trinajstić information content (AvgIpc) is 2.05. The summed E-state index contributed by atoms with van der Waals surface area (Å²) >= 11 is 0. The molecular weight excluding hydrogens is 154 g/mol. The highest BCUT2D eigenvalue weighted by Crippen LogP contribution is 2.10. The molecule has 1 aliphatic heterocycles. The number of rotatable bonds is 1. The van der Waals surface area contributed by atoms with Gasteiger partial charge in [-0.05, 0) is 26.2 Å². The minimum absolute atomic E-state index is 0.248. The summed E-state index contributed by atoms with van der Waals surface area (Å²) in [5, 5.41) is 0. The van der Waals surface area contributed by atoms with Crippen molar-refractivity contribution in [2.45, 2.75) is 26.2 Å². The van der Waals surface area contributed by atoms with Crippen LogP contribution >= 0.6 is 0 Å². The van der Waals surface area contributed by atoms with Crippen LogP contribution in [0.2, 0.25) is 0 Å². The highest BCUT2D eigenvalue weighted by molar-refractivity contribution is 5.68. The summed E-state index contributed by atoms with van der Waals surface area (Å²) in [4.78, 5) is 13.0. The summed E-state index contributed by atoms with van der Waals surface area (Å²) in [5.41, 5.74) is 0. The Kier molecular flexibility index (Phi) is 3.14. The molecule has 0 aromatic rings. The molecule has 0 aromatic carbocycles. The molecule has 0 bridgehead atoms. The van der Waals surface area contributed by atoms with Crippen molar-refractivity contribution in [1.82, 2.24) is 4.90 Å². The number of carbonyl (C=O) groups is 1. The first kappa shape index (κ1) is 9.10. The molecular formula is C9H15NO2. The van der Waals surface area contributed by atoms with Crippen LogP contribution in [0.5, 0.6) is 0 Å². The Morgan fingerprint density at radius 1 is 1.33 bits per heavy atom. The highest BCUT2D eigenvalue weighted by atomic mass is 16.6. The van der Waals surface area contributed by atoms with Gasteiger partial charge < -0.3 is 9.64 Å². The van der Waals surface area contributed by atoms with Crippen molar-refractivity contribution >= 4 is 6.09 Å². The quantitative estimate of drug-likeness (QED) is 0.563. The van der Waals surface area contributed by atoms with Crippen LogP contribution in [0, 0.1) is 0 Å². The van der Waals surface area contributed by atoms with E-state index in [0.717, 1.165) is 25.9 Å². The Labute approximate surface area is 73.0 Å². The maximum absolute atomic E-state index is 11.3. The average molecular weight is 169 g/mol. The molecule has 68 valence electrons. The number of hydrogen-bond donors (Lipinski definition) is 0. The summed E-state index contributed by atoms with van der Waals surface area (Å²) in [5.74, 6) is 0.463. The number of allylic oxidation sites excluding steroid dienone is 1. The van der Waals surface area contributed by atoms with E-state index >= 15 is 0 Å². The fourth-order valence-electron chi connectivity index (χ4n) is 1.29. The van der Waals surface area contributed by atoms with E-state index in [2.05, 4.69) is 6.58 Å². The lowest BCUT2D eigenvalue weighted by atomic mass is 10.1. The maximum atomic E-state index is 11.3. The topological polar surface area (TPSA) is 29.5 Å². The largest absolute Gasteiger partial charge is 0.416 e. The van der Waals surface area contributed by atoms with Gasteiger partial charge in [0.15, 0.2) is 0 Å². The number of carbonyl (C=O) groups excluding carboxylic acids is 1. The molecule has 0 saturated carbocycles. The van der Waals surface area contributed by atoms with Gasteiger partial charge in [0.1, 0.15) is 0 Å². The van der Waals surface area contributed by atoms with Crippen molar-refractivity contribution in [3.8, 4) is 0 Å². The summed E-state index contributed by atoms with van der Waals surface area (Å²) < 4.78 is 4.88. The third kappa shape index (κ3) is 2.57. The van der Waals surface area contributed by atoms with Gasteiger partial charge in [-0.2, -0.15) is 0 Å². The molecule has 1 fully saturated rings. The lowest BCUT2D eigenvalue weighted by Crippen LogP contribution is -2.35. The Morgan fingerprint density at radius 2 is 1.92 bits per heavy atom. The van der Waals surface area contributed by atoms with E-state index < -0.39 is 0 Å². The molecule has 1 heterocycles. The zero-order chi connectivity index (χ0) is 8.97. The first-order valence-electron chi connectivity index (χ1n) is 4.32. The third-order valence-corrected chi connectivity index (χ3v) is 1.88. The first-order chi connectivity index (χ1) is 5.70. The molecule has 12 heavy (non-hydrogen) atoms. The fourth-order valence-corrected chi connectivity index (χ4v) is 1.29. The zero-order valence-electron chi connectivity index (χ0n) is 7.51. The molecule has 1 saturated heterocycles. The fraction of sp³-hybridized carbons (Fsp3) is 0.667. The second kappa shape index (κ2) is 4.14. The summed E-state index contributed by atoms with van der Waals surface area (Å²) in [6, 6.07) is 0. The monoisotopic (exact) mass is 169 g/mol. The van der Waals surface area contributed by atoms with Crippen LogP contribution in [0.4, 0.5) is 4.79 Å². The zero-order valence-corrected chi connectivity index (χ0v) is 7.51. The number of piperidine rings is 1. The second-order valence-corrected chi connectivity index (χ2v) is 3.12. The molecule has 1 rings (SSSR count). The maximum Gasteiger partial charge on any atom is 0.414 e. The molecule has 0 unspecified atom stereocenters.